The number of carbonyl (C=O) groups is 1. The predicted octanol–water partition coefficient (Wildman–Crippen LogP) is 0.966. The van der Waals surface area contributed by atoms with Crippen LogP contribution in [0.5, 0.6) is 0 Å². The number of halogens is 1. The summed E-state index contributed by atoms with van der Waals surface area (Å²) in [5, 5.41) is 9.65. The molecule has 0 fully saturated rings. The van der Waals surface area contributed by atoms with Crippen molar-refractivity contribution in [1.82, 2.24) is 15.1 Å². The summed E-state index contributed by atoms with van der Waals surface area (Å²) >= 11 is 3.20. The smallest absolute Gasteiger partial charge is 0.284 e. The molecule has 0 saturated heterocycles. The number of nitrogens with zero attached hydrogens (tertiary/aromatic N) is 2. The van der Waals surface area contributed by atoms with Crippen molar-refractivity contribution >= 4 is 27.5 Å². The lowest BCUT2D eigenvalue weighted by Gasteiger charge is -2.16. The van der Waals surface area contributed by atoms with E-state index in [1.54, 1.807) is 6.92 Å². The molecule has 1 aromatic rings. The second-order valence-electron chi connectivity index (χ2n) is 4.20. The van der Waals surface area contributed by atoms with Crippen molar-refractivity contribution in [1.29, 1.82) is 0 Å². The molecule has 6 nitrogen and oxygen atoms in total. The van der Waals surface area contributed by atoms with Crippen molar-refractivity contribution in [3.05, 3.63) is 21.0 Å². The Kier molecular flexibility index (Phi) is 6.25. The minimum atomic E-state index is -0.470. The van der Waals surface area contributed by atoms with E-state index in [0.717, 1.165) is 11.1 Å². The lowest BCUT2D eigenvalue weighted by Crippen LogP contribution is -2.38. The molecule has 1 heterocycles. The molecular formula is C13H17BrN4O2. The van der Waals surface area contributed by atoms with Gasteiger partial charge in [-0.15, -0.1) is 6.42 Å². The molecule has 0 spiro atoms. The summed E-state index contributed by atoms with van der Waals surface area (Å²) in [4.78, 5) is 23.7. The number of hydrogen-bond donors (Lipinski definition) is 2. The molecule has 0 aromatic carbocycles. The van der Waals surface area contributed by atoms with Gasteiger partial charge >= 0.3 is 0 Å². The maximum absolute atomic E-state index is 11.9. The first-order valence-electron chi connectivity index (χ1n) is 6.24. The van der Waals surface area contributed by atoms with Crippen molar-refractivity contribution in [3.8, 4) is 12.3 Å². The van der Waals surface area contributed by atoms with E-state index < -0.39 is 6.04 Å². The maximum Gasteiger partial charge on any atom is 0.284 e. The number of rotatable bonds is 6. The molecule has 1 amide bonds. The van der Waals surface area contributed by atoms with Gasteiger partial charge in [-0.1, -0.05) is 12.8 Å². The van der Waals surface area contributed by atoms with Crippen LogP contribution < -0.4 is 16.2 Å². The van der Waals surface area contributed by atoms with Crippen LogP contribution in [0, 0.1) is 12.3 Å². The van der Waals surface area contributed by atoms with Gasteiger partial charge in [0.15, 0.2) is 0 Å². The van der Waals surface area contributed by atoms with Gasteiger partial charge in [0, 0.05) is 6.54 Å². The van der Waals surface area contributed by atoms with Crippen LogP contribution in [-0.4, -0.2) is 28.3 Å². The highest BCUT2D eigenvalue weighted by Crippen LogP contribution is 2.17. The number of carbonyl (C=O) groups excluding carboxylic acids is 1. The summed E-state index contributed by atoms with van der Waals surface area (Å²) in [6.45, 7) is 4.41. The number of anilines is 1. The number of terminal acetylenes is 1. The van der Waals surface area contributed by atoms with Gasteiger partial charge in [0.1, 0.15) is 17.1 Å². The Hall–Kier alpha value is -1.81. The second kappa shape index (κ2) is 7.70. The maximum atomic E-state index is 11.9. The summed E-state index contributed by atoms with van der Waals surface area (Å²) < 4.78 is 1.47. The molecule has 1 aromatic heterocycles. The van der Waals surface area contributed by atoms with Gasteiger partial charge in [0.2, 0.25) is 5.91 Å². The summed E-state index contributed by atoms with van der Waals surface area (Å²) in [6, 6.07) is -0.470. The van der Waals surface area contributed by atoms with E-state index in [4.69, 9.17) is 6.42 Å². The highest BCUT2D eigenvalue weighted by atomic mass is 79.9. The highest BCUT2D eigenvalue weighted by molar-refractivity contribution is 9.10. The van der Waals surface area contributed by atoms with Crippen molar-refractivity contribution in [2.75, 3.05) is 11.9 Å². The average Bonchev–Trinajstić information content (AvgIpc) is 2.44. The fourth-order valence-corrected chi connectivity index (χ4v) is 1.89. The summed E-state index contributed by atoms with van der Waals surface area (Å²) in [7, 11) is 0. The van der Waals surface area contributed by atoms with Crippen LogP contribution in [0.2, 0.25) is 0 Å². The van der Waals surface area contributed by atoms with Gasteiger partial charge < -0.3 is 10.6 Å². The van der Waals surface area contributed by atoms with E-state index in [1.807, 2.05) is 6.92 Å². The van der Waals surface area contributed by atoms with E-state index >= 15 is 0 Å². The first-order valence-corrected chi connectivity index (χ1v) is 7.03. The number of aromatic nitrogens is 2. The Balaban J connectivity index is 2.84. The van der Waals surface area contributed by atoms with Crippen molar-refractivity contribution in [2.45, 2.75) is 32.9 Å². The third-order valence-corrected chi connectivity index (χ3v) is 3.31. The van der Waals surface area contributed by atoms with Crippen LogP contribution >= 0.6 is 15.9 Å². The first-order chi connectivity index (χ1) is 9.51. The Bertz CT molecular complexity index is 577. The lowest BCUT2D eigenvalue weighted by molar-refractivity contribution is -0.121. The monoisotopic (exact) mass is 340 g/mol. The summed E-state index contributed by atoms with van der Waals surface area (Å²) in [6.07, 6.45) is 7.48. The molecule has 0 bridgehead atoms. The Labute approximate surface area is 126 Å². The average molecular weight is 341 g/mol. The van der Waals surface area contributed by atoms with Crippen LogP contribution in [0.1, 0.15) is 20.3 Å². The van der Waals surface area contributed by atoms with Crippen LogP contribution in [-0.2, 0) is 11.3 Å². The molecule has 1 atom stereocenters. The zero-order valence-electron chi connectivity index (χ0n) is 11.4. The molecule has 0 aliphatic heterocycles. The topological polar surface area (TPSA) is 76.0 Å². The van der Waals surface area contributed by atoms with E-state index in [1.165, 1.54) is 6.20 Å². The Morgan fingerprint density at radius 2 is 2.35 bits per heavy atom. The summed E-state index contributed by atoms with van der Waals surface area (Å²) in [5.74, 6) is 2.22. The lowest BCUT2D eigenvalue weighted by atomic mass is 10.3. The first kappa shape index (κ1) is 16.2. The molecular weight excluding hydrogens is 324 g/mol. The fraction of sp³-hybridized carbons (Fsp3) is 0.462. The Morgan fingerprint density at radius 3 is 2.95 bits per heavy atom. The van der Waals surface area contributed by atoms with Gasteiger partial charge in [0.25, 0.3) is 5.56 Å². The van der Waals surface area contributed by atoms with E-state index in [2.05, 4.69) is 37.6 Å². The minimum Gasteiger partial charge on any atom is -0.372 e. The fourth-order valence-electron chi connectivity index (χ4n) is 1.46. The number of nitrogens with one attached hydrogen (secondary N) is 2. The molecule has 0 aliphatic rings. The van der Waals surface area contributed by atoms with E-state index in [9.17, 15) is 9.59 Å². The molecule has 0 saturated carbocycles. The highest BCUT2D eigenvalue weighted by Gasteiger charge is 2.15. The third kappa shape index (κ3) is 4.10. The van der Waals surface area contributed by atoms with Crippen LogP contribution in [0.25, 0.3) is 0 Å². The Morgan fingerprint density at radius 1 is 1.65 bits per heavy atom. The molecule has 2 N–H and O–H groups in total. The normalized spacial score (nSPS) is 11.5. The summed E-state index contributed by atoms with van der Waals surface area (Å²) in [5.41, 5.74) is 0.122. The molecule has 108 valence electrons. The largest absolute Gasteiger partial charge is 0.372 e. The van der Waals surface area contributed by atoms with Crippen LogP contribution in [0.15, 0.2) is 15.5 Å². The van der Waals surface area contributed by atoms with Gasteiger partial charge in [-0.3, -0.25) is 9.59 Å². The van der Waals surface area contributed by atoms with Crippen LogP contribution in [0.3, 0.4) is 0 Å². The van der Waals surface area contributed by atoms with Gasteiger partial charge in [0.05, 0.1) is 11.9 Å². The van der Waals surface area contributed by atoms with Gasteiger partial charge in [-0.2, -0.15) is 5.10 Å². The van der Waals surface area contributed by atoms with E-state index in [0.29, 0.717) is 16.7 Å². The van der Waals surface area contributed by atoms with Gasteiger partial charge in [-0.05, 0) is 29.3 Å². The third-order valence-electron chi connectivity index (χ3n) is 2.54. The number of hydrogen-bond acceptors (Lipinski definition) is 4. The van der Waals surface area contributed by atoms with E-state index in [-0.39, 0.29) is 18.0 Å². The molecule has 20 heavy (non-hydrogen) atoms. The molecule has 1 unspecified atom stereocenters. The van der Waals surface area contributed by atoms with Crippen molar-refractivity contribution in [3.63, 3.8) is 0 Å². The van der Waals surface area contributed by atoms with Crippen molar-refractivity contribution in [2.24, 2.45) is 0 Å². The quantitative estimate of drug-likeness (QED) is 0.756. The predicted molar refractivity (Wildman–Crippen MR) is 81.4 cm³/mol. The minimum absolute atomic E-state index is 0.101. The standard InChI is InChI=1S/C13H17BrN4O2/c1-4-6-15-12(19)9(3)17-10-8-16-18(7-5-2)13(20)11(10)14/h2,8-9,17H,4,6-7H2,1,3H3,(H,15,19). The zero-order valence-corrected chi connectivity index (χ0v) is 13.0. The van der Waals surface area contributed by atoms with Gasteiger partial charge in [-0.25, -0.2) is 4.68 Å². The van der Waals surface area contributed by atoms with Crippen LogP contribution in [0.4, 0.5) is 5.69 Å². The van der Waals surface area contributed by atoms with Crippen molar-refractivity contribution < 1.29 is 4.79 Å². The SMILES string of the molecule is C#CCn1ncc(NC(C)C(=O)NCCC)c(Br)c1=O. The second-order valence-corrected chi connectivity index (χ2v) is 4.99. The zero-order chi connectivity index (χ0) is 15.1. The molecule has 0 aliphatic carbocycles. The molecule has 1 rings (SSSR count). The number of amides is 1. The molecule has 0 radical (unpaired) electrons. The molecule has 7 heteroatoms.